The van der Waals surface area contributed by atoms with Crippen LogP contribution in [0.2, 0.25) is 0 Å². The summed E-state index contributed by atoms with van der Waals surface area (Å²) in [6, 6.07) is 2.62. The van der Waals surface area contributed by atoms with E-state index in [1.54, 1.807) is 0 Å². The van der Waals surface area contributed by atoms with Gasteiger partial charge in [0.1, 0.15) is 23.3 Å². The number of hydrogen-bond donors (Lipinski definition) is 2. The van der Waals surface area contributed by atoms with E-state index in [2.05, 4.69) is 0 Å². The summed E-state index contributed by atoms with van der Waals surface area (Å²) in [5.41, 5.74) is -0.277. The van der Waals surface area contributed by atoms with Gasteiger partial charge in [0.25, 0.3) is 17.4 Å². The molecule has 7 nitrogen and oxygen atoms in total. The molecule has 0 radical (unpaired) electrons. The Labute approximate surface area is 141 Å². The molecule has 3 N–H and O–H groups in total. The quantitative estimate of drug-likeness (QED) is 0.583. The number of fused-ring (bicyclic) bond motifs is 1. The van der Waals surface area contributed by atoms with E-state index < -0.39 is 63.1 Å². The Bertz CT molecular complexity index is 1100. The topological polar surface area (TPSA) is 118 Å². The maximum absolute atomic E-state index is 13.9. The zero-order valence-corrected chi connectivity index (χ0v) is 12.4. The van der Waals surface area contributed by atoms with Crippen molar-refractivity contribution in [2.75, 3.05) is 5.73 Å². The van der Waals surface area contributed by atoms with Gasteiger partial charge in [-0.1, -0.05) is 0 Å². The number of benzene rings is 1. The third kappa shape index (κ3) is 2.31. The fraction of sp³-hybridized carbons (Fsp3) is 0.0667. The summed E-state index contributed by atoms with van der Waals surface area (Å²) in [6.07, 6.45) is -5.06. The van der Waals surface area contributed by atoms with Crippen molar-refractivity contribution in [2.45, 2.75) is 6.18 Å². The molecule has 1 aliphatic heterocycles. The van der Waals surface area contributed by atoms with Crippen LogP contribution in [0.25, 0.3) is 5.69 Å². The SMILES string of the molecule is N#Cc1c(F)ccc(C(F)(F)F)c1-n1c(N)c2c(cc1=O)C(=O)NC2=O. The molecule has 0 spiro atoms. The van der Waals surface area contributed by atoms with E-state index >= 15 is 0 Å². The highest BCUT2D eigenvalue weighted by molar-refractivity contribution is 6.23. The van der Waals surface area contributed by atoms with Crippen molar-refractivity contribution in [1.82, 2.24) is 9.88 Å². The number of aromatic nitrogens is 1. The first-order chi connectivity index (χ1) is 12.1. The van der Waals surface area contributed by atoms with Crippen molar-refractivity contribution in [1.29, 1.82) is 5.26 Å². The zero-order valence-electron chi connectivity index (χ0n) is 12.4. The number of imide groups is 1. The number of alkyl halides is 3. The number of halogens is 4. The molecule has 11 heteroatoms. The van der Waals surface area contributed by atoms with Gasteiger partial charge >= 0.3 is 6.18 Å². The van der Waals surface area contributed by atoms with Crippen LogP contribution in [0.15, 0.2) is 23.0 Å². The standard InChI is InChI=1S/C15H6F4N4O3/c16-8-2-1-7(15(17,18)19)11(6(8)4-20)23-9(24)3-5-10(12(23)21)14(26)22-13(5)25/h1-3H,21H2,(H,22,25,26). The number of nitriles is 1. The van der Waals surface area contributed by atoms with Gasteiger partial charge < -0.3 is 5.73 Å². The first-order valence-corrected chi connectivity index (χ1v) is 6.79. The molecule has 0 bridgehead atoms. The predicted octanol–water partition coefficient (Wildman–Crippen LogP) is 1.33. The van der Waals surface area contributed by atoms with E-state index in [0.717, 1.165) is 0 Å². The minimum atomic E-state index is -5.06. The van der Waals surface area contributed by atoms with Crippen molar-refractivity contribution in [2.24, 2.45) is 0 Å². The number of anilines is 1. The van der Waals surface area contributed by atoms with Gasteiger partial charge in [0, 0.05) is 6.07 Å². The van der Waals surface area contributed by atoms with Gasteiger partial charge in [0.2, 0.25) is 0 Å². The number of carbonyl (C=O) groups excluding carboxylic acids is 2. The molecule has 2 aromatic rings. The summed E-state index contributed by atoms with van der Waals surface area (Å²) in [6.45, 7) is 0. The van der Waals surface area contributed by atoms with Crippen LogP contribution in [0.1, 0.15) is 31.8 Å². The predicted molar refractivity (Wildman–Crippen MR) is 77.9 cm³/mol. The highest BCUT2D eigenvalue weighted by atomic mass is 19.4. The molecule has 1 aliphatic rings. The lowest BCUT2D eigenvalue weighted by molar-refractivity contribution is -0.137. The fourth-order valence-electron chi connectivity index (χ4n) is 2.64. The second kappa shape index (κ2) is 5.41. The van der Waals surface area contributed by atoms with E-state index in [4.69, 9.17) is 11.0 Å². The van der Waals surface area contributed by atoms with Gasteiger partial charge in [-0.05, 0) is 12.1 Å². The third-order valence-electron chi connectivity index (χ3n) is 3.72. The summed E-state index contributed by atoms with van der Waals surface area (Å²) in [5.74, 6) is -4.11. The van der Waals surface area contributed by atoms with Crippen molar-refractivity contribution >= 4 is 17.6 Å². The third-order valence-corrected chi connectivity index (χ3v) is 3.72. The summed E-state index contributed by atoms with van der Waals surface area (Å²) in [5, 5.41) is 10.9. The number of nitrogens with two attached hydrogens (primary N) is 1. The molecule has 2 heterocycles. The van der Waals surface area contributed by atoms with Crippen LogP contribution in [0.3, 0.4) is 0 Å². The van der Waals surface area contributed by atoms with Crippen molar-refractivity contribution in [3.8, 4) is 11.8 Å². The van der Waals surface area contributed by atoms with Gasteiger partial charge in [-0.3, -0.25) is 24.3 Å². The van der Waals surface area contributed by atoms with Gasteiger partial charge in [-0.2, -0.15) is 18.4 Å². The molecule has 0 saturated heterocycles. The average molecular weight is 366 g/mol. The van der Waals surface area contributed by atoms with E-state index in [0.29, 0.717) is 18.2 Å². The Hall–Kier alpha value is -3.68. The minimum Gasteiger partial charge on any atom is -0.384 e. The van der Waals surface area contributed by atoms with Gasteiger partial charge in [-0.25, -0.2) is 4.39 Å². The smallest absolute Gasteiger partial charge is 0.384 e. The first kappa shape index (κ1) is 17.2. The molecule has 0 aliphatic carbocycles. The molecule has 26 heavy (non-hydrogen) atoms. The Morgan fingerprint density at radius 3 is 2.38 bits per heavy atom. The number of hydrogen-bond acceptors (Lipinski definition) is 5. The lowest BCUT2D eigenvalue weighted by atomic mass is 10.0. The molecular formula is C15H6F4N4O3. The summed E-state index contributed by atoms with van der Waals surface area (Å²) in [7, 11) is 0. The number of rotatable bonds is 1. The molecule has 0 atom stereocenters. The monoisotopic (exact) mass is 366 g/mol. The van der Waals surface area contributed by atoms with E-state index in [1.807, 2.05) is 5.32 Å². The van der Waals surface area contributed by atoms with Crippen LogP contribution >= 0.6 is 0 Å². The number of nitrogens with zero attached hydrogens (tertiary/aromatic N) is 2. The van der Waals surface area contributed by atoms with Crippen LogP contribution in [0.5, 0.6) is 0 Å². The molecule has 3 rings (SSSR count). The van der Waals surface area contributed by atoms with Crippen LogP contribution in [0.4, 0.5) is 23.4 Å². The van der Waals surface area contributed by atoms with E-state index in [1.165, 1.54) is 6.07 Å². The van der Waals surface area contributed by atoms with Crippen molar-refractivity contribution in [3.05, 3.63) is 56.6 Å². The normalized spacial score (nSPS) is 13.3. The number of amides is 2. The Morgan fingerprint density at radius 2 is 1.81 bits per heavy atom. The van der Waals surface area contributed by atoms with E-state index in [9.17, 15) is 31.9 Å². The number of nitrogen functional groups attached to an aromatic ring is 1. The molecular weight excluding hydrogens is 360 g/mol. The summed E-state index contributed by atoms with van der Waals surface area (Å²) < 4.78 is 54.1. The average Bonchev–Trinajstić information content (AvgIpc) is 2.80. The largest absolute Gasteiger partial charge is 0.418 e. The van der Waals surface area contributed by atoms with Gasteiger partial charge in [-0.15, -0.1) is 0 Å². The number of pyridine rings is 1. The molecule has 0 fully saturated rings. The first-order valence-electron chi connectivity index (χ1n) is 6.79. The van der Waals surface area contributed by atoms with Crippen LogP contribution < -0.4 is 16.6 Å². The molecule has 132 valence electrons. The van der Waals surface area contributed by atoms with Gasteiger partial charge in [0.15, 0.2) is 0 Å². The Morgan fingerprint density at radius 1 is 1.15 bits per heavy atom. The van der Waals surface area contributed by atoms with Crippen LogP contribution in [-0.2, 0) is 6.18 Å². The Kier molecular flexibility index (Phi) is 3.57. The number of carbonyl (C=O) groups is 2. The van der Waals surface area contributed by atoms with Crippen LogP contribution in [-0.4, -0.2) is 16.4 Å². The highest BCUT2D eigenvalue weighted by Gasteiger charge is 2.39. The molecule has 0 saturated carbocycles. The van der Waals surface area contributed by atoms with E-state index in [-0.39, 0.29) is 4.57 Å². The zero-order chi connectivity index (χ0) is 19.4. The minimum absolute atomic E-state index is 0.196. The van der Waals surface area contributed by atoms with Crippen LogP contribution in [0, 0.1) is 17.1 Å². The Balaban J connectivity index is 2.51. The highest BCUT2D eigenvalue weighted by Crippen LogP contribution is 2.37. The molecule has 0 unspecified atom stereocenters. The van der Waals surface area contributed by atoms with Crippen molar-refractivity contribution < 1.29 is 27.2 Å². The molecule has 1 aromatic carbocycles. The van der Waals surface area contributed by atoms with Crippen molar-refractivity contribution in [3.63, 3.8) is 0 Å². The lowest BCUT2D eigenvalue weighted by Crippen LogP contribution is -2.27. The second-order valence-electron chi connectivity index (χ2n) is 5.20. The fourth-order valence-corrected chi connectivity index (χ4v) is 2.64. The summed E-state index contributed by atoms with van der Waals surface area (Å²) >= 11 is 0. The molecule has 2 amide bonds. The second-order valence-corrected chi connectivity index (χ2v) is 5.20. The summed E-state index contributed by atoms with van der Waals surface area (Å²) in [4.78, 5) is 35.7. The lowest BCUT2D eigenvalue weighted by Gasteiger charge is -2.18. The molecule has 1 aromatic heterocycles. The maximum atomic E-state index is 13.9. The van der Waals surface area contributed by atoms with Gasteiger partial charge in [0.05, 0.1) is 22.4 Å². The number of nitrogens with one attached hydrogen (secondary N) is 1. The maximum Gasteiger partial charge on any atom is 0.418 e.